The second-order valence-corrected chi connectivity index (χ2v) is 9.10. The number of nitrogens with zero attached hydrogens (tertiary/aromatic N) is 2. The third kappa shape index (κ3) is 8.44. The van der Waals surface area contributed by atoms with Gasteiger partial charge in [-0.1, -0.05) is 31.0 Å². The molecule has 0 saturated carbocycles. The first kappa shape index (κ1) is 27.8. The Morgan fingerprint density at radius 2 is 1.59 bits per heavy atom. The molecule has 2 aliphatic rings. The van der Waals surface area contributed by atoms with Crippen molar-refractivity contribution in [2.24, 2.45) is 9.98 Å². The van der Waals surface area contributed by atoms with Gasteiger partial charge in [0.2, 0.25) is 11.8 Å². The zero-order chi connectivity index (χ0) is 20.7. The van der Waals surface area contributed by atoms with Gasteiger partial charge in [0, 0.05) is 14.1 Å². The number of thioether (sulfide) groups is 2. The van der Waals surface area contributed by atoms with E-state index in [9.17, 15) is 19.5 Å². The van der Waals surface area contributed by atoms with Crippen LogP contribution < -0.4 is 10.6 Å². The molecule has 156 valence electrons. The van der Waals surface area contributed by atoms with Gasteiger partial charge < -0.3 is 20.5 Å². The van der Waals surface area contributed by atoms with Gasteiger partial charge in [0.1, 0.15) is 10.5 Å². The van der Waals surface area contributed by atoms with E-state index in [1.807, 2.05) is 6.92 Å². The molecule has 0 aromatic heterocycles. The summed E-state index contributed by atoms with van der Waals surface area (Å²) in [5, 5.41) is 16.4. The van der Waals surface area contributed by atoms with Crippen molar-refractivity contribution in [3.63, 3.8) is 0 Å². The Hall–Kier alpha value is -1.39. The summed E-state index contributed by atoms with van der Waals surface area (Å²) in [6, 6.07) is 0. The molecule has 2 rings (SSSR count). The molecule has 2 saturated heterocycles. The minimum atomic E-state index is -1.06. The number of hydrogen-bond acceptors (Lipinski definition) is 8. The number of amidine groups is 2. The minimum absolute atomic E-state index is 0. The first-order valence-corrected chi connectivity index (χ1v) is 9.59. The van der Waals surface area contributed by atoms with Gasteiger partial charge in [0.25, 0.3) is 0 Å². The highest BCUT2D eigenvalue weighted by Crippen LogP contribution is 2.40. The van der Waals surface area contributed by atoms with Crippen LogP contribution in [0.1, 0.15) is 49.0 Å². The number of amides is 2. The maximum absolute atomic E-state index is 11.5. The van der Waals surface area contributed by atoms with Crippen molar-refractivity contribution in [3.05, 3.63) is 0 Å². The Morgan fingerprint density at radius 3 is 1.78 bits per heavy atom. The Kier molecular flexibility index (Phi) is 11.8. The summed E-state index contributed by atoms with van der Waals surface area (Å²) in [6.45, 7) is 9.87. The highest BCUT2D eigenvalue weighted by atomic mass is 32.2. The Morgan fingerprint density at radius 1 is 1.15 bits per heavy atom. The van der Waals surface area contributed by atoms with Crippen LogP contribution in [-0.2, 0) is 14.4 Å². The van der Waals surface area contributed by atoms with Crippen LogP contribution in [0.4, 0.5) is 0 Å². The Labute approximate surface area is 170 Å². The molecule has 27 heavy (non-hydrogen) atoms. The summed E-state index contributed by atoms with van der Waals surface area (Å²) in [5.41, 5.74) is -1.06. The normalized spacial score (nSPS) is 26.9. The van der Waals surface area contributed by atoms with Crippen molar-refractivity contribution in [1.82, 2.24) is 10.6 Å². The predicted octanol–water partition coefficient (Wildman–Crippen LogP) is 1.82. The molecule has 0 bridgehead atoms. The molecule has 3 N–H and O–H groups in total. The largest absolute Gasteiger partial charge is 0.388 e. The summed E-state index contributed by atoms with van der Waals surface area (Å²) in [4.78, 5) is 39.4. The maximum Gasteiger partial charge on any atom is 0.245 e. The number of hydrogen-bond donors (Lipinski definition) is 3. The van der Waals surface area contributed by atoms with Crippen LogP contribution in [0.25, 0.3) is 0 Å². The molecule has 2 unspecified atom stereocenters. The highest BCUT2D eigenvalue weighted by molar-refractivity contribution is 8.16. The first-order chi connectivity index (χ1) is 11.8. The van der Waals surface area contributed by atoms with E-state index in [0.29, 0.717) is 5.17 Å². The van der Waals surface area contributed by atoms with E-state index in [2.05, 4.69) is 20.6 Å². The summed E-state index contributed by atoms with van der Waals surface area (Å²) < 4.78 is -0.845. The maximum atomic E-state index is 11.5. The topological polar surface area (TPSA) is 120 Å². The number of rotatable bonds is 1. The van der Waals surface area contributed by atoms with Gasteiger partial charge >= 0.3 is 0 Å². The van der Waals surface area contributed by atoms with Gasteiger partial charge in [-0.2, -0.15) is 0 Å². The lowest BCUT2D eigenvalue weighted by molar-refractivity contribution is -0.126. The SMILES string of the molecule is C.CC(C)=O.CN=C1NC(=O)C(C)(C(C)(C)O)S1.CN=C1NC(=O)C(C)S1. The van der Waals surface area contributed by atoms with E-state index in [0.717, 1.165) is 5.17 Å². The molecular formula is C17H32N4O4S2. The molecular weight excluding hydrogens is 388 g/mol. The van der Waals surface area contributed by atoms with Crippen molar-refractivity contribution < 1.29 is 19.5 Å². The number of carbonyl (C=O) groups excluding carboxylic acids is 3. The molecule has 2 amide bonds. The fourth-order valence-electron chi connectivity index (χ4n) is 1.55. The highest BCUT2D eigenvalue weighted by Gasteiger charge is 2.52. The van der Waals surface area contributed by atoms with E-state index in [4.69, 9.17) is 0 Å². The molecule has 8 nitrogen and oxygen atoms in total. The van der Waals surface area contributed by atoms with Crippen LogP contribution in [0.15, 0.2) is 9.98 Å². The van der Waals surface area contributed by atoms with Crippen molar-refractivity contribution in [2.45, 2.75) is 64.6 Å². The lowest BCUT2D eigenvalue weighted by Crippen LogP contribution is -2.50. The molecule has 2 aliphatic heterocycles. The Balaban J connectivity index is 0. The molecule has 2 heterocycles. The number of aliphatic imine (C=N–C) groups is 2. The van der Waals surface area contributed by atoms with Gasteiger partial charge in [-0.25, -0.2) is 0 Å². The van der Waals surface area contributed by atoms with Gasteiger partial charge in [-0.15, -0.1) is 0 Å². The minimum Gasteiger partial charge on any atom is -0.388 e. The fraction of sp³-hybridized carbons (Fsp3) is 0.706. The third-order valence-corrected chi connectivity index (χ3v) is 6.06. The second-order valence-electron chi connectivity index (χ2n) is 6.36. The van der Waals surface area contributed by atoms with Crippen LogP contribution in [0.5, 0.6) is 0 Å². The lowest BCUT2D eigenvalue weighted by atomic mass is 9.91. The predicted molar refractivity (Wildman–Crippen MR) is 115 cm³/mol. The van der Waals surface area contributed by atoms with E-state index in [1.165, 1.54) is 37.4 Å². The third-order valence-electron chi connectivity index (χ3n) is 3.42. The van der Waals surface area contributed by atoms with Gasteiger partial charge in [-0.3, -0.25) is 19.6 Å². The van der Waals surface area contributed by atoms with Crippen LogP contribution in [0.2, 0.25) is 0 Å². The first-order valence-electron chi connectivity index (χ1n) is 7.89. The lowest BCUT2D eigenvalue weighted by Gasteiger charge is -2.32. The molecule has 2 atom stereocenters. The van der Waals surface area contributed by atoms with Crippen molar-refractivity contribution in [3.8, 4) is 0 Å². The summed E-state index contributed by atoms with van der Waals surface area (Å²) in [6.07, 6.45) is 0. The average molecular weight is 421 g/mol. The monoisotopic (exact) mass is 420 g/mol. The molecule has 0 aromatic carbocycles. The summed E-state index contributed by atoms with van der Waals surface area (Å²) in [5.74, 6) is 0.0335. The standard InChI is InChI=1S/C8H14N2O2S.C5H8N2OS.C3H6O.CH4/c1-7(2,12)8(3)5(11)10-6(9-4)13-8;1-3-4(8)7-5(6-2)9-3;1-3(2)4;/h12H,1-4H3,(H,9,10,11);3H,1-2H3,(H,6,7,8);1-2H3;1H4. The average Bonchev–Trinajstić information content (AvgIpc) is 2.99. The number of nitrogens with one attached hydrogen (secondary N) is 2. The molecule has 2 fully saturated rings. The number of carbonyl (C=O) groups is 3. The van der Waals surface area contributed by atoms with E-state index in [-0.39, 0.29) is 30.3 Å². The van der Waals surface area contributed by atoms with Crippen LogP contribution in [0, 0.1) is 0 Å². The molecule has 0 radical (unpaired) electrons. The molecule has 0 aliphatic carbocycles. The van der Waals surface area contributed by atoms with Crippen LogP contribution >= 0.6 is 23.5 Å². The number of ketones is 1. The molecule has 0 aromatic rings. The Bertz CT molecular complexity index is 611. The number of aliphatic hydroxyl groups is 1. The smallest absolute Gasteiger partial charge is 0.245 e. The fourth-order valence-corrected chi connectivity index (χ4v) is 3.33. The van der Waals surface area contributed by atoms with Crippen molar-refractivity contribution >= 4 is 51.5 Å². The second kappa shape index (κ2) is 11.5. The van der Waals surface area contributed by atoms with Gasteiger partial charge in [-0.05, 0) is 41.5 Å². The van der Waals surface area contributed by atoms with Crippen LogP contribution in [-0.4, -0.2) is 62.7 Å². The summed E-state index contributed by atoms with van der Waals surface area (Å²) >= 11 is 2.73. The summed E-state index contributed by atoms with van der Waals surface area (Å²) in [7, 11) is 3.28. The van der Waals surface area contributed by atoms with Gasteiger partial charge in [0.05, 0.1) is 10.9 Å². The molecule has 10 heteroatoms. The van der Waals surface area contributed by atoms with E-state index in [1.54, 1.807) is 34.9 Å². The quantitative estimate of drug-likeness (QED) is 0.595. The van der Waals surface area contributed by atoms with Gasteiger partial charge in [0.15, 0.2) is 10.3 Å². The van der Waals surface area contributed by atoms with E-state index < -0.39 is 10.3 Å². The zero-order valence-corrected chi connectivity index (χ0v) is 18.1. The van der Waals surface area contributed by atoms with Crippen molar-refractivity contribution in [2.75, 3.05) is 14.1 Å². The zero-order valence-electron chi connectivity index (χ0n) is 16.5. The van der Waals surface area contributed by atoms with E-state index >= 15 is 0 Å². The molecule has 0 spiro atoms. The number of Topliss-reactive ketones (excluding diaryl/α,β-unsaturated/α-hetero) is 1. The van der Waals surface area contributed by atoms with Crippen molar-refractivity contribution in [1.29, 1.82) is 0 Å². The van der Waals surface area contributed by atoms with Crippen LogP contribution in [0.3, 0.4) is 0 Å².